The van der Waals surface area contributed by atoms with Crippen LogP contribution in [-0.2, 0) is 10.0 Å². The normalized spacial score (nSPS) is 26.7. The number of hydrogen-bond acceptors (Lipinski definition) is 6. The minimum atomic E-state index is -3.81. The molecular weight excluding hydrogens is 370 g/mol. The number of benzene rings is 1. The van der Waals surface area contributed by atoms with Gasteiger partial charge in [0.2, 0.25) is 10.0 Å². The molecule has 1 aliphatic heterocycles. The number of piperidine rings is 1. The van der Waals surface area contributed by atoms with Crippen LogP contribution in [0.1, 0.15) is 45.4 Å². The molecule has 1 saturated carbocycles. The van der Waals surface area contributed by atoms with Crippen molar-refractivity contribution in [3.05, 3.63) is 28.3 Å². The minimum Gasteiger partial charge on any atom is -0.391 e. The fourth-order valence-corrected chi connectivity index (χ4v) is 5.25. The van der Waals surface area contributed by atoms with Crippen molar-refractivity contribution < 1.29 is 18.4 Å². The van der Waals surface area contributed by atoms with Gasteiger partial charge < -0.3 is 10.0 Å². The summed E-state index contributed by atoms with van der Waals surface area (Å²) in [5.74, 6) is 0.603. The summed E-state index contributed by atoms with van der Waals surface area (Å²) >= 11 is 0. The molecule has 1 aliphatic carbocycles. The highest BCUT2D eigenvalue weighted by molar-refractivity contribution is 7.89. The summed E-state index contributed by atoms with van der Waals surface area (Å²) in [6.07, 6.45) is 4.39. The molecule has 1 aromatic carbocycles. The first kappa shape index (κ1) is 20.0. The highest BCUT2D eigenvalue weighted by atomic mass is 32.2. The number of aliphatic hydroxyl groups is 1. The molecule has 0 radical (unpaired) electrons. The SMILES string of the molecule is CC1CCC(NS(=O)(=O)c2ccc(N3CCCC(O)C3)c([N+](=O)[O-])c2)CC1. The second kappa shape index (κ2) is 8.12. The van der Waals surface area contributed by atoms with Crippen LogP contribution in [0.5, 0.6) is 0 Å². The topological polar surface area (TPSA) is 113 Å². The third-order valence-corrected chi connectivity index (χ3v) is 7.05. The van der Waals surface area contributed by atoms with E-state index in [9.17, 15) is 23.6 Å². The molecule has 0 amide bonds. The monoisotopic (exact) mass is 397 g/mol. The summed E-state index contributed by atoms with van der Waals surface area (Å²) < 4.78 is 28.1. The number of nitrogens with one attached hydrogen (secondary N) is 1. The number of nitrogens with zero attached hydrogens (tertiary/aromatic N) is 2. The van der Waals surface area contributed by atoms with Crippen molar-refractivity contribution in [3.63, 3.8) is 0 Å². The number of hydrogen-bond donors (Lipinski definition) is 2. The van der Waals surface area contributed by atoms with Crippen LogP contribution in [0.25, 0.3) is 0 Å². The summed E-state index contributed by atoms with van der Waals surface area (Å²) in [6.45, 7) is 3.07. The quantitative estimate of drug-likeness (QED) is 0.583. The molecule has 27 heavy (non-hydrogen) atoms. The zero-order chi connectivity index (χ0) is 19.6. The van der Waals surface area contributed by atoms with E-state index >= 15 is 0 Å². The van der Waals surface area contributed by atoms with E-state index in [0.29, 0.717) is 31.1 Å². The Morgan fingerprint density at radius 2 is 1.93 bits per heavy atom. The van der Waals surface area contributed by atoms with Crippen molar-refractivity contribution >= 4 is 21.4 Å². The van der Waals surface area contributed by atoms with Crippen molar-refractivity contribution in [2.24, 2.45) is 5.92 Å². The van der Waals surface area contributed by atoms with E-state index in [4.69, 9.17) is 0 Å². The first-order valence-electron chi connectivity index (χ1n) is 9.50. The van der Waals surface area contributed by atoms with Crippen LogP contribution in [0.3, 0.4) is 0 Å². The number of nitro benzene ring substituents is 1. The Morgan fingerprint density at radius 3 is 2.56 bits per heavy atom. The Balaban J connectivity index is 1.83. The molecule has 9 heteroatoms. The van der Waals surface area contributed by atoms with E-state index < -0.39 is 21.1 Å². The third-order valence-electron chi connectivity index (χ3n) is 5.53. The van der Waals surface area contributed by atoms with Crippen molar-refractivity contribution in [2.45, 2.75) is 62.5 Å². The predicted octanol–water partition coefficient (Wildman–Crippen LogP) is 2.41. The summed E-state index contributed by atoms with van der Waals surface area (Å²) in [5, 5.41) is 21.4. The Morgan fingerprint density at radius 1 is 1.22 bits per heavy atom. The zero-order valence-electron chi connectivity index (χ0n) is 15.5. The lowest BCUT2D eigenvalue weighted by Gasteiger charge is -2.31. The molecule has 2 fully saturated rings. The van der Waals surface area contributed by atoms with Gasteiger partial charge in [0.05, 0.1) is 15.9 Å². The molecule has 1 heterocycles. The number of β-amino-alcohol motifs (C(OH)–C–C–N with tert-alkyl or cyclic N) is 1. The fourth-order valence-electron chi connectivity index (χ4n) is 3.92. The van der Waals surface area contributed by atoms with Gasteiger partial charge in [-0.3, -0.25) is 10.1 Å². The summed E-state index contributed by atoms with van der Waals surface area (Å²) in [7, 11) is -3.81. The zero-order valence-corrected chi connectivity index (χ0v) is 16.3. The number of anilines is 1. The number of rotatable bonds is 5. The van der Waals surface area contributed by atoms with Gasteiger partial charge in [0.25, 0.3) is 5.69 Å². The first-order chi connectivity index (χ1) is 12.8. The molecule has 0 bridgehead atoms. The highest BCUT2D eigenvalue weighted by Crippen LogP contribution is 2.33. The van der Waals surface area contributed by atoms with E-state index in [1.54, 1.807) is 4.90 Å². The van der Waals surface area contributed by atoms with Crippen molar-refractivity contribution in [3.8, 4) is 0 Å². The Kier molecular flexibility index (Phi) is 6.02. The van der Waals surface area contributed by atoms with Gasteiger partial charge in [-0.1, -0.05) is 6.92 Å². The lowest BCUT2D eigenvalue weighted by atomic mass is 9.88. The summed E-state index contributed by atoms with van der Waals surface area (Å²) in [4.78, 5) is 12.7. The smallest absolute Gasteiger partial charge is 0.293 e. The third kappa shape index (κ3) is 4.77. The van der Waals surface area contributed by atoms with E-state index in [1.807, 2.05) is 0 Å². The highest BCUT2D eigenvalue weighted by Gasteiger charge is 2.29. The van der Waals surface area contributed by atoms with Crippen LogP contribution in [-0.4, -0.2) is 43.7 Å². The minimum absolute atomic E-state index is 0.0888. The van der Waals surface area contributed by atoms with Crippen LogP contribution >= 0.6 is 0 Å². The van der Waals surface area contributed by atoms with E-state index in [0.717, 1.165) is 38.2 Å². The maximum atomic E-state index is 12.7. The number of sulfonamides is 1. The van der Waals surface area contributed by atoms with Crippen molar-refractivity contribution in [1.82, 2.24) is 4.72 Å². The van der Waals surface area contributed by atoms with Gasteiger partial charge in [0.1, 0.15) is 5.69 Å². The Labute approximate surface area is 159 Å². The lowest BCUT2D eigenvalue weighted by Crippen LogP contribution is -2.39. The van der Waals surface area contributed by atoms with Crippen molar-refractivity contribution in [2.75, 3.05) is 18.0 Å². The molecule has 1 atom stereocenters. The molecule has 0 aromatic heterocycles. The van der Waals surface area contributed by atoms with Gasteiger partial charge in [-0.05, 0) is 56.6 Å². The fraction of sp³-hybridized carbons (Fsp3) is 0.667. The van der Waals surface area contributed by atoms with E-state index in [1.165, 1.54) is 12.1 Å². The average molecular weight is 397 g/mol. The van der Waals surface area contributed by atoms with Gasteiger partial charge in [0, 0.05) is 25.2 Å². The predicted molar refractivity (Wildman–Crippen MR) is 102 cm³/mol. The largest absolute Gasteiger partial charge is 0.391 e. The summed E-state index contributed by atoms with van der Waals surface area (Å²) in [6, 6.07) is 3.90. The van der Waals surface area contributed by atoms with Gasteiger partial charge in [-0.2, -0.15) is 0 Å². The van der Waals surface area contributed by atoms with Gasteiger partial charge in [-0.25, -0.2) is 13.1 Å². The molecule has 1 saturated heterocycles. The van der Waals surface area contributed by atoms with Crippen LogP contribution in [0.15, 0.2) is 23.1 Å². The maximum Gasteiger partial charge on any atom is 0.293 e. The van der Waals surface area contributed by atoms with Gasteiger partial charge in [-0.15, -0.1) is 0 Å². The Hall–Kier alpha value is -1.71. The lowest BCUT2D eigenvalue weighted by molar-refractivity contribution is -0.384. The maximum absolute atomic E-state index is 12.7. The van der Waals surface area contributed by atoms with Crippen molar-refractivity contribution in [1.29, 1.82) is 0 Å². The molecule has 0 spiro atoms. The molecule has 1 aromatic rings. The molecule has 1 unspecified atom stereocenters. The van der Waals surface area contributed by atoms with Gasteiger partial charge in [0.15, 0.2) is 0 Å². The molecule has 150 valence electrons. The van der Waals surface area contributed by atoms with Crippen LogP contribution in [0.2, 0.25) is 0 Å². The second-order valence-corrected chi connectivity index (χ2v) is 9.44. The molecule has 8 nitrogen and oxygen atoms in total. The average Bonchev–Trinajstić information content (AvgIpc) is 2.63. The first-order valence-corrected chi connectivity index (χ1v) is 11.0. The molecule has 2 aliphatic rings. The van der Waals surface area contributed by atoms with Crippen LogP contribution < -0.4 is 9.62 Å². The van der Waals surface area contributed by atoms with E-state index in [2.05, 4.69) is 11.6 Å². The second-order valence-electron chi connectivity index (χ2n) is 7.73. The standard InChI is InChI=1S/C18H27N3O5S/c1-13-4-6-14(7-5-13)19-27(25,26)16-8-9-17(18(11-16)21(23)24)20-10-2-3-15(22)12-20/h8-9,11,13-15,19,22H,2-7,10,12H2,1H3. The molecule has 2 N–H and O–H groups in total. The number of aliphatic hydroxyl groups excluding tert-OH is 1. The van der Waals surface area contributed by atoms with Crippen LogP contribution in [0, 0.1) is 16.0 Å². The van der Waals surface area contributed by atoms with Crippen LogP contribution in [0.4, 0.5) is 11.4 Å². The Bertz CT molecular complexity index is 790. The van der Waals surface area contributed by atoms with E-state index in [-0.39, 0.29) is 16.6 Å². The molecular formula is C18H27N3O5S. The number of nitro groups is 1. The summed E-state index contributed by atoms with van der Waals surface area (Å²) in [5.41, 5.74) is 0.105. The van der Waals surface area contributed by atoms with Gasteiger partial charge >= 0.3 is 0 Å². The molecule has 3 rings (SSSR count).